The summed E-state index contributed by atoms with van der Waals surface area (Å²) in [5.41, 5.74) is 11.1. The number of benzene rings is 1. The van der Waals surface area contributed by atoms with Crippen LogP contribution in [0.4, 0.5) is 5.82 Å². The van der Waals surface area contributed by atoms with Crippen LogP contribution in [0, 0.1) is 13.8 Å². The standard InChI is InChI=1S/C16H21N3/c1-4-13-18-15(16(17)19(13)12-8-9-12)14-10(2)6-5-7-11(14)3/h5-7,12H,4,8-9,17H2,1-3H3. The molecule has 3 rings (SSSR count). The van der Waals surface area contributed by atoms with Crippen molar-refractivity contribution >= 4 is 5.82 Å². The fourth-order valence-electron chi connectivity index (χ4n) is 2.85. The smallest absolute Gasteiger partial charge is 0.132 e. The van der Waals surface area contributed by atoms with E-state index in [2.05, 4.69) is 43.5 Å². The van der Waals surface area contributed by atoms with Crippen LogP contribution in [0.15, 0.2) is 18.2 Å². The summed E-state index contributed by atoms with van der Waals surface area (Å²) >= 11 is 0. The molecule has 0 amide bonds. The van der Waals surface area contributed by atoms with Crippen LogP contribution in [0.2, 0.25) is 0 Å². The second-order valence-corrected chi connectivity index (χ2v) is 5.48. The maximum Gasteiger partial charge on any atom is 0.132 e. The van der Waals surface area contributed by atoms with Crippen LogP contribution in [-0.4, -0.2) is 9.55 Å². The van der Waals surface area contributed by atoms with Gasteiger partial charge >= 0.3 is 0 Å². The Bertz CT molecular complexity index is 601. The molecule has 0 unspecified atom stereocenters. The monoisotopic (exact) mass is 255 g/mol. The highest BCUT2D eigenvalue weighted by molar-refractivity contribution is 5.76. The van der Waals surface area contributed by atoms with Crippen LogP contribution >= 0.6 is 0 Å². The quantitative estimate of drug-likeness (QED) is 0.909. The molecular formula is C16H21N3. The van der Waals surface area contributed by atoms with Gasteiger partial charge in [-0.05, 0) is 37.8 Å². The molecular weight excluding hydrogens is 234 g/mol. The van der Waals surface area contributed by atoms with Crippen molar-refractivity contribution in [2.45, 2.75) is 46.1 Å². The highest BCUT2D eigenvalue weighted by atomic mass is 15.2. The van der Waals surface area contributed by atoms with Crippen LogP contribution in [-0.2, 0) is 6.42 Å². The molecule has 1 aromatic heterocycles. The largest absolute Gasteiger partial charge is 0.383 e. The first kappa shape index (κ1) is 12.3. The van der Waals surface area contributed by atoms with E-state index in [1.807, 2.05) is 0 Å². The van der Waals surface area contributed by atoms with Gasteiger partial charge in [0.15, 0.2) is 0 Å². The molecule has 100 valence electrons. The summed E-state index contributed by atoms with van der Waals surface area (Å²) in [7, 11) is 0. The number of hydrogen-bond donors (Lipinski definition) is 1. The average molecular weight is 255 g/mol. The number of nitrogen functional groups attached to an aromatic ring is 1. The number of nitrogens with two attached hydrogens (primary N) is 1. The van der Waals surface area contributed by atoms with Gasteiger partial charge < -0.3 is 10.3 Å². The highest BCUT2D eigenvalue weighted by Gasteiger charge is 2.30. The Labute approximate surface area is 114 Å². The molecule has 3 nitrogen and oxygen atoms in total. The zero-order valence-corrected chi connectivity index (χ0v) is 11.9. The molecule has 1 saturated carbocycles. The van der Waals surface area contributed by atoms with Crippen LogP contribution in [0.25, 0.3) is 11.3 Å². The van der Waals surface area contributed by atoms with E-state index in [1.165, 1.54) is 29.5 Å². The summed E-state index contributed by atoms with van der Waals surface area (Å²) in [5, 5.41) is 0. The van der Waals surface area contributed by atoms with Crippen molar-refractivity contribution in [1.29, 1.82) is 0 Å². The van der Waals surface area contributed by atoms with Gasteiger partial charge in [0, 0.05) is 18.0 Å². The number of anilines is 1. The van der Waals surface area contributed by atoms with Crippen LogP contribution in [0.1, 0.15) is 42.8 Å². The molecule has 3 heteroatoms. The zero-order valence-electron chi connectivity index (χ0n) is 11.9. The fraction of sp³-hybridized carbons (Fsp3) is 0.438. The minimum absolute atomic E-state index is 0.584. The van der Waals surface area contributed by atoms with Gasteiger partial charge in [-0.25, -0.2) is 4.98 Å². The Kier molecular flexibility index (Phi) is 2.85. The van der Waals surface area contributed by atoms with Gasteiger partial charge in [-0.1, -0.05) is 25.1 Å². The van der Waals surface area contributed by atoms with Gasteiger partial charge in [0.2, 0.25) is 0 Å². The highest BCUT2D eigenvalue weighted by Crippen LogP contribution is 2.41. The third-order valence-corrected chi connectivity index (χ3v) is 3.97. The molecule has 1 fully saturated rings. The molecule has 1 aliphatic carbocycles. The number of imidazole rings is 1. The predicted molar refractivity (Wildman–Crippen MR) is 79.2 cm³/mol. The second-order valence-electron chi connectivity index (χ2n) is 5.48. The van der Waals surface area contributed by atoms with E-state index in [-0.39, 0.29) is 0 Å². The first-order chi connectivity index (χ1) is 9.13. The molecule has 2 aromatic rings. The zero-order chi connectivity index (χ0) is 13.6. The Morgan fingerprint density at radius 1 is 1.26 bits per heavy atom. The number of rotatable bonds is 3. The maximum absolute atomic E-state index is 6.39. The molecule has 1 aliphatic rings. The van der Waals surface area contributed by atoms with Crippen molar-refractivity contribution in [2.24, 2.45) is 0 Å². The molecule has 0 saturated heterocycles. The van der Waals surface area contributed by atoms with E-state index in [0.717, 1.165) is 23.8 Å². The minimum Gasteiger partial charge on any atom is -0.383 e. The topological polar surface area (TPSA) is 43.8 Å². The summed E-state index contributed by atoms with van der Waals surface area (Å²) in [5.74, 6) is 1.97. The van der Waals surface area contributed by atoms with Crippen molar-refractivity contribution in [3.05, 3.63) is 35.2 Å². The van der Waals surface area contributed by atoms with Crippen LogP contribution < -0.4 is 5.73 Å². The summed E-state index contributed by atoms with van der Waals surface area (Å²) in [4.78, 5) is 4.82. The fourth-order valence-corrected chi connectivity index (χ4v) is 2.85. The predicted octanol–water partition coefficient (Wildman–Crippen LogP) is 3.65. The normalized spacial score (nSPS) is 14.9. The Morgan fingerprint density at radius 3 is 2.42 bits per heavy atom. The lowest BCUT2D eigenvalue weighted by molar-refractivity contribution is 0.696. The van der Waals surface area contributed by atoms with Gasteiger partial charge in [0.25, 0.3) is 0 Å². The first-order valence-electron chi connectivity index (χ1n) is 7.06. The van der Waals surface area contributed by atoms with E-state index < -0.39 is 0 Å². The lowest BCUT2D eigenvalue weighted by Crippen LogP contribution is -2.04. The summed E-state index contributed by atoms with van der Waals surface area (Å²) in [6, 6.07) is 6.93. The number of aromatic nitrogens is 2. The summed E-state index contributed by atoms with van der Waals surface area (Å²) in [6.07, 6.45) is 3.41. The molecule has 0 spiro atoms. The second kappa shape index (κ2) is 4.41. The van der Waals surface area contributed by atoms with Crippen molar-refractivity contribution in [3.63, 3.8) is 0 Å². The number of nitrogens with zero attached hydrogens (tertiary/aromatic N) is 2. The van der Waals surface area contributed by atoms with Gasteiger partial charge in [0.1, 0.15) is 17.3 Å². The van der Waals surface area contributed by atoms with E-state index in [0.29, 0.717) is 6.04 Å². The summed E-state index contributed by atoms with van der Waals surface area (Å²) in [6.45, 7) is 6.40. The summed E-state index contributed by atoms with van der Waals surface area (Å²) < 4.78 is 2.25. The Balaban J connectivity index is 2.20. The van der Waals surface area contributed by atoms with Gasteiger partial charge in [-0.3, -0.25) is 0 Å². The third-order valence-electron chi connectivity index (χ3n) is 3.97. The molecule has 2 N–H and O–H groups in total. The maximum atomic E-state index is 6.39. The lowest BCUT2D eigenvalue weighted by Gasteiger charge is -2.09. The van der Waals surface area contributed by atoms with Crippen LogP contribution in [0.3, 0.4) is 0 Å². The van der Waals surface area contributed by atoms with Gasteiger partial charge in [-0.15, -0.1) is 0 Å². The average Bonchev–Trinajstić information content (AvgIpc) is 3.15. The van der Waals surface area contributed by atoms with E-state index in [1.54, 1.807) is 0 Å². The van der Waals surface area contributed by atoms with Crippen molar-refractivity contribution in [1.82, 2.24) is 9.55 Å². The van der Waals surface area contributed by atoms with Gasteiger partial charge in [0.05, 0.1) is 0 Å². The Hall–Kier alpha value is -1.77. The Morgan fingerprint density at radius 2 is 1.89 bits per heavy atom. The molecule has 0 atom stereocenters. The molecule has 0 bridgehead atoms. The lowest BCUT2D eigenvalue weighted by atomic mass is 10.0. The molecule has 19 heavy (non-hydrogen) atoms. The number of hydrogen-bond acceptors (Lipinski definition) is 2. The molecule has 1 heterocycles. The number of aryl methyl sites for hydroxylation is 3. The van der Waals surface area contributed by atoms with Crippen LogP contribution in [0.5, 0.6) is 0 Å². The van der Waals surface area contributed by atoms with Crippen molar-refractivity contribution in [2.75, 3.05) is 5.73 Å². The van der Waals surface area contributed by atoms with Gasteiger partial charge in [-0.2, -0.15) is 0 Å². The first-order valence-corrected chi connectivity index (χ1v) is 7.06. The minimum atomic E-state index is 0.584. The van der Waals surface area contributed by atoms with Crippen molar-refractivity contribution < 1.29 is 0 Å². The molecule has 0 aliphatic heterocycles. The molecule has 0 radical (unpaired) electrons. The van der Waals surface area contributed by atoms with E-state index >= 15 is 0 Å². The van der Waals surface area contributed by atoms with Crippen molar-refractivity contribution in [3.8, 4) is 11.3 Å². The van der Waals surface area contributed by atoms with E-state index in [4.69, 9.17) is 10.7 Å². The third kappa shape index (κ3) is 1.93. The van der Waals surface area contributed by atoms with E-state index in [9.17, 15) is 0 Å². The SMILES string of the molecule is CCc1nc(-c2c(C)cccc2C)c(N)n1C1CC1. The molecule has 1 aromatic carbocycles.